The van der Waals surface area contributed by atoms with Gasteiger partial charge in [0.25, 0.3) is 5.91 Å². The number of nitrogens with zero attached hydrogens (tertiary/aromatic N) is 2. The predicted molar refractivity (Wildman–Crippen MR) is 75.3 cm³/mol. The lowest BCUT2D eigenvalue weighted by Crippen LogP contribution is -2.30. The minimum atomic E-state index is -0.458. The van der Waals surface area contributed by atoms with E-state index in [0.717, 1.165) is 11.0 Å². The zero-order valence-electron chi connectivity index (χ0n) is 10.2. The van der Waals surface area contributed by atoms with Gasteiger partial charge in [-0.25, -0.2) is 5.84 Å². The first kappa shape index (κ1) is 14.2. The van der Waals surface area contributed by atoms with Crippen molar-refractivity contribution in [1.82, 2.24) is 15.5 Å². The third-order valence-corrected chi connectivity index (χ3v) is 4.08. The van der Waals surface area contributed by atoms with Crippen LogP contribution in [0.5, 0.6) is 0 Å². The maximum Gasteiger partial charge on any atom is 0.287 e. The molecule has 0 atom stereocenters. The van der Waals surface area contributed by atoms with Crippen LogP contribution < -0.4 is 11.3 Å². The number of aromatic nitrogens is 1. The summed E-state index contributed by atoms with van der Waals surface area (Å²) in [7, 11) is 1.97. The Morgan fingerprint density at radius 2 is 2.37 bits per heavy atom. The van der Waals surface area contributed by atoms with Gasteiger partial charge >= 0.3 is 0 Å². The second-order valence-corrected chi connectivity index (χ2v) is 5.97. The summed E-state index contributed by atoms with van der Waals surface area (Å²) in [4.78, 5) is 14.5. The number of hydrogen-bond acceptors (Lipinski definition) is 6. The van der Waals surface area contributed by atoms with Gasteiger partial charge in [-0.15, -0.1) is 11.3 Å². The number of carbonyl (C=O) groups excluding carboxylic acids is 1. The van der Waals surface area contributed by atoms with E-state index in [0.29, 0.717) is 12.3 Å². The summed E-state index contributed by atoms with van der Waals surface area (Å²) in [5, 5.41) is 5.70. The Hall–Kier alpha value is -1.22. The molecule has 0 aliphatic carbocycles. The summed E-state index contributed by atoms with van der Waals surface area (Å²) in [5.41, 5.74) is 2.20. The number of rotatable bonds is 5. The van der Waals surface area contributed by atoms with Gasteiger partial charge in [0, 0.05) is 27.3 Å². The summed E-state index contributed by atoms with van der Waals surface area (Å²) in [5.74, 6) is 5.19. The summed E-state index contributed by atoms with van der Waals surface area (Å²) in [6.07, 6.45) is 0. The molecule has 0 aliphatic rings. The Kier molecular flexibility index (Phi) is 4.70. The summed E-state index contributed by atoms with van der Waals surface area (Å²) in [6, 6.07) is 3.66. The van der Waals surface area contributed by atoms with Crippen LogP contribution in [-0.4, -0.2) is 23.0 Å². The molecule has 2 aromatic heterocycles. The largest absolute Gasteiger partial charge is 0.359 e. The highest BCUT2D eigenvalue weighted by atomic mass is 79.9. The summed E-state index contributed by atoms with van der Waals surface area (Å²) < 4.78 is 6.17. The molecule has 0 unspecified atom stereocenters. The van der Waals surface area contributed by atoms with Crippen molar-refractivity contribution in [2.24, 2.45) is 5.84 Å². The minimum absolute atomic E-state index is 0.185. The zero-order valence-corrected chi connectivity index (χ0v) is 12.6. The van der Waals surface area contributed by atoms with Crippen molar-refractivity contribution in [3.8, 4) is 0 Å². The topological polar surface area (TPSA) is 84.4 Å². The van der Waals surface area contributed by atoms with Crippen molar-refractivity contribution in [2.75, 3.05) is 7.05 Å². The highest BCUT2D eigenvalue weighted by molar-refractivity contribution is 9.10. The number of thiophene rings is 1. The van der Waals surface area contributed by atoms with Gasteiger partial charge in [-0.2, -0.15) is 0 Å². The second kappa shape index (κ2) is 6.29. The van der Waals surface area contributed by atoms with Gasteiger partial charge in [-0.05, 0) is 29.0 Å². The Bertz CT molecular complexity index is 569. The van der Waals surface area contributed by atoms with Crippen molar-refractivity contribution in [1.29, 1.82) is 0 Å². The zero-order chi connectivity index (χ0) is 13.8. The van der Waals surface area contributed by atoms with Gasteiger partial charge in [0.1, 0.15) is 0 Å². The fraction of sp³-hybridized carbons (Fsp3) is 0.273. The van der Waals surface area contributed by atoms with Crippen LogP contribution in [0.1, 0.15) is 21.1 Å². The second-order valence-electron chi connectivity index (χ2n) is 4.06. The molecule has 0 aliphatic heterocycles. The van der Waals surface area contributed by atoms with Gasteiger partial charge in [-0.3, -0.25) is 15.1 Å². The molecular weight excluding hydrogens is 332 g/mol. The summed E-state index contributed by atoms with van der Waals surface area (Å²) >= 11 is 5.11. The molecule has 102 valence electrons. The molecule has 6 nitrogen and oxygen atoms in total. The van der Waals surface area contributed by atoms with Crippen molar-refractivity contribution in [3.63, 3.8) is 0 Å². The van der Waals surface area contributed by atoms with Gasteiger partial charge in [-0.1, -0.05) is 5.16 Å². The number of nitrogens with two attached hydrogens (primary N) is 1. The number of halogens is 1. The maximum absolute atomic E-state index is 11.2. The van der Waals surface area contributed by atoms with Crippen LogP contribution in [0.2, 0.25) is 0 Å². The molecule has 0 spiro atoms. The molecule has 3 N–H and O–H groups in total. The van der Waals surface area contributed by atoms with E-state index in [1.807, 2.05) is 17.9 Å². The SMILES string of the molecule is CN(Cc1cc(C(=O)NN)no1)Cc1cc(Br)cs1. The molecule has 2 heterocycles. The van der Waals surface area contributed by atoms with E-state index in [1.54, 1.807) is 17.4 Å². The Morgan fingerprint density at radius 1 is 1.58 bits per heavy atom. The third kappa shape index (κ3) is 3.87. The van der Waals surface area contributed by atoms with Crippen molar-refractivity contribution >= 4 is 33.2 Å². The van der Waals surface area contributed by atoms with Crippen LogP contribution in [0.3, 0.4) is 0 Å². The molecule has 0 saturated heterocycles. The van der Waals surface area contributed by atoms with Gasteiger partial charge in [0.05, 0.1) is 6.54 Å². The fourth-order valence-electron chi connectivity index (χ4n) is 1.59. The van der Waals surface area contributed by atoms with Gasteiger partial charge in [0.15, 0.2) is 11.5 Å². The molecule has 0 fully saturated rings. The van der Waals surface area contributed by atoms with Crippen LogP contribution in [0.15, 0.2) is 26.5 Å². The average molecular weight is 345 g/mol. The van der Waals surface area contributed by atoms with Gasteiger partial charge < -0.3 is 4.52 Å². The highest BCUT2D eigenvalue weighted by Crippen LogP contribution is 2.21. The van der Waals surface area contributed by atoms with Crippen LogP contribution in [0.25, 0.3) is 0 Å². The first-order valence-electron chi connectivity index (χ1n) is 5.46. The van der Waals surface area contributed by atoms with Crippen molar-refractivity contribution in [3.05, 3.63) is 38.3 Å². The molecule has 0 saturated carbocycles. The van der Waals surface area contributed by atoms with Crippen LogP contribution >= 0.6 is 27.3 Å². The fourth-order valence-corrected chi connectivity index (χ4v) is 3.12. The highest BCUT2D eigenvalue weighted by Gasteiger charge is 2.13. The van der Waals surface area contributed by atoms with E-state index < -0.39 is 5.91 Å². The Labute approximate surface area is 122 Å². The average Bonchev–Trinajstić information content (AvgIpc) is 2.98. The number of nitrogens with one attached hydrogen (secondary N) is 1. The van der Waals surface area contributed by atoms with E-state index in [4.69, 9.17) is 10.4 Å². The van der Waals surface area contributed by atoms with Crippen molar-refractivity contribution in [2.45, 2.75) is 13.1 Å². The number of carbonyl (C=O) groups is 1. The lowest BCUT2D eigenvalue weighted by molar-refractivity contribution is 0.0944. The van der Waals surface area contributed by atoms with Crippen molar-refractivity contribution < 1.29 is 9.32 Å². The molecular formula is C11H13BrN4O2S. The first-order valence-corrected chi connectivity index (χ1v) is 7.13. The lowest BCUT2D eigenvalue weighted by atomic mass is 10.3. The quantitative estimate of drug-likeness (QED) is 0.490. The van der Waals surface area contributed by atoms with Gasteiger partial charge in [0.2, 0.25) is 0 Å². The van der Waals surface area contributed by atoms with E-state index >= 15 is 0 Å². The molecule has 0 bridgehead atoms. The third-order valence-electron chi connectivity index (χ3n) is 2.40. The number of hydrogen-bond donors (Lipinski definition) is 2. The Balaban J connectivity index is 1.93. The molecule has 0 radical (unpaired) electrons. The molecule has 19 heavy (non-hydrogen) atoms. The number of hydrazine groups is 1. The predicted octanol–water partition coefficient (Wildman–Crippen LogP) is 1.73. The number of amides is 1. The van der Waals surface area contributed by atoms with E-state index in [9.17, 15) is 4.79 Å². The molecule has 2 rings (SSSR count). The Morgan fingerprint density at radius 3 is 3.00 bits per heavy atom. The maximum atomic E-state index is 11.2. The standard InChI is InChI=1S/C11H13BrN4O2S/c1-16(5-9-2-7(12)6-19-9)4-8-3-10(15-18-8)11(17)14-13/h2-3,6H,4-5,13H2,1H3,(H,14,17). The molecule has 1 amide bonds. The molecule has 2 aromatic rings. The molecule has 8 heteroatoms. The van der Waals surface area contributed by atoms with Crippen LogP contribution in [0.4, 0.5) is 0 Å². The first-order chi connectivity index (χ1) is 9.08. The van der Waals surface area contributed by atoms with E-state index in [1.165, 1.54) is 4.88 Å². The van der Waals surface area contributed by atoms with Crippen LogP contribution in [-0.2, 0) is 13.1 Å². The monoisotopic (exact) mass is 344 g/mol. The van der Waals surface area contributed by atoms with E-state index in [2.05, 4.69) is 32.1 Å². The normalized spacial score (nSPS) is 10.9. The van der Waals surface area contributed by atoms with Crippen LogP contribution in [0, 0.1) is 0 Å². The number of nitrogen functional groups attached to an aromatic ring is 1. The van der Waals surface area contributed by atoms with E-state index in [-0.39, 0.29) is 5.69 Å². The molecule has 0 aromatic carbocycles. The lowest BCUT2D eigenvalue weighted by Gasteiger charge is -2.12. The smallest absolute Gasteiger partial charge is 0.287 e. The minimum Gasteiger partial charge on any atom is -0.359 e. The summed E-state index contributed by atoms with van der Waals surface area (Å²) in [6.45, 7) is 1.37.